The summed E-state index contributed by atoms with van der Waals surface area (Å²) >= 11 is 0. The van der Waals surface area contributed by atoms with E-state index in [1.165, 1.54) is 7.05 Å². The van der Waals surface area contributed by atoms with Gasteiger partial charge in [-0.1, -0.05) is 10.2 Å². The van der Waals surface area contributed by atoms with Gasteiger partial charge < -0.3 is 20.3 Å². The van der Waals surface area contributed by atoms with Gasteiger partial charge in [-0.2, -0.15) is 0 Å². The Bertz CT molecular complexity index is 364. The average molecular weight is 289 g/mol. The van der Waals surface area contributed by atoms with Crippen LogP contribution < -0.4 is 5.32 Å². The third-order valence-corrected chi connectivity index (χ3v) is 1.66. The first-order valence-corrected chi connectivity index (χ1v) is 5.11. The number of aliphatic hydroxyl groups is 2. The van der Waals surface area contributed by atoms with Crippen LogP contribution in [0.1, 0.15) is 0 Å². The van der Waals surface area contributed by atoms with Crippen LogP contribution in [0.5, 0.6) is 0 Å². The second kappa shape index (κ2) is 12.9. The van der Waals surface area contributed by atoms with E-state index >= 15 is 0 Å². The highest BCUT2D eigenvalue weighted by atomic mass is 16.5. The Kier molecular flexibility index (Phi) is 12.8. The molecule has 0 aromatic rings. The molecule has 0 aliphatic rings. The van der Waals surface area contributed by atoms with Crippen LogP contribution in [0.4, 0.5) is 0 Å². The van der Waals surface area contributed by atoms with Gasteiger partial charge in [-0.05, 0) is 11.1 Å². The maximum absolute atomic E-state index is 10.5. The number of likely N-dealkylation sites (N-methyl/N-ethyl adjacent to an activating group) is 1. The molecule has 0 rings (SSSR count). The van der Waals surface area contributed by atoms with Crippen molar-refractivity contribution in [3.63, 3.8) is 0 Å². The van der Waals surface area contributed by atoms with Gasteiger partial charge >= 0.3 is 5.97 Å². The molecule has 0 aromatic heterocycles. The van der Waals surface area contributed by atoms with Crippen molar-refractivity contribution in [1.82, 2.24) is 5.32 Å². The number of nitrogens with one attached hydrogen (secondary N) is 1. The summed E-state index contributed by atoms with van der Waals surface area (Å²) in [6.45, 7) is -0.515. The minimum absolute atomic E-state index is 0.226. The summed E-state index contributed by atoms with van der Waals surface area (Å²) in [5.74, 6) is -1.35. The van der Waals surface area contributed by atoms with Crippen molar-refractivity contribution in [3.8, 4) is 0 Å². The highest BCUT2D eigenvalue weighted by Gasteiger charge is 2.12. The minimum atomic E-state index is -1.35. The molecule has 0 spiro atoms. The summed E-state index contributed by atoms with van der Waals surface area (Å²) in [6.07, 6.45) is -2.58. The van der Waals surface area contributed by atoms with Gasteiger partial charge in [0.05, 0.1) is 20.2 Å². The predicted molar refractivity (Wildman–Crippen MR) is 66.1 cm³/mol. The lowest BCUT2D eigenvalue weighted by Gasteiger charge is -2.02. The number of aliphatic hydroxyl groups excluding tert-OH is 2. The fraction of sp³-hybridized carbons (Fsp3) is 0.750. The molecule has 0 bridgehead atoms. The lowest BCUT2D eigenvalue weighted by Crippen LogP contribution is -2.33. The van der Waals surface area contributed by atoms with Crippen molar-refractivity contribution < 1.29 is 24.5 Å². The molecule has 3 N–H and O–H groups in total. The zero-order valence-electron chi connectivity index (χ0n) is 10.9. The number of carbonyl (C=O) groups is 2. The van der Waals surface area contributed by atoms with E-state index < -0.39 is 24.1 Å². The molecular formula is C8H15N7O5. The Balaban J connectivity index is 0. The number of azide groups is 2. The number of hydrogen-bond acceptors (Lipinski definition) is 7. The zero-order chi connectivity index (χ0) is 16.0. The largest absolute Gasteiger partial charge is 0.467 e. The molecule has 0 aromatic carbocycles. The molecule has 112 valence electrons. The summed E-state index contributed by atoms with van der Waals surface area (Å²) in [4.78, 5) is 25.6. The van der Waals surface area contributed by atoms with E-state index in [1.54, 1.807) is 0 Å². The number of methoxy groups -OCH3 is 1. The van der Waals surface area contributed by atoms with Crippen LogP contribution in [-0.2, 0) is 14.3 Å². The van der Waals surface area contributed by atoms with Crippen molar-refractivity contribution in [1.29, 1.82) is 0 Å². The fourth-order valence-corrected chi connectivity index (χ4v) is 0.688. The maximum Gasteiger partial charge on any atom is 0.334 e. The van der Waals surface area contributed by atoms with E-state index in [0.29, 0.717) is 0 Å². The van der Waals surface area contributed by atoms with Crippen molar-refractivity contribution in [3.05, 3.63) is 20.9 Å². The van der Waals surface area contributed by atoms with Crippen LogP contribution in [0.25, 0.3) is 20.9 Å². The molecule has 12 nitrogen and oxygen atoms in total. The molecule has 0 aliphatic carbocycles. The highest BCUT2D eigenvalue weighted by molar-refractivity contribution is 5.80. The van der Waals surface area contributed by atoms with E-state index in [4.69, 9.17) is 21.3 Å². The minimum Gasteiger partial charge on any atom is -0.467 e. The molecule has 12 heteroatoms. The molecule has 0 radical (unpaired) electrons. The SMILES string of the molecule is CNC(=O)[C@H](O)CN=[N+]=[N-].COC(=O)[C@H](O)CN=[N+]=[N-]. The number of hydrogen-bond donors (Lipinski definition) is 3. The van der Waals surface area contributed by atoms with Gasteiger partial charge in [0, 0.05) is 16.9 Å². The summed E-state index contributed by atoms with van der Waals surface area (Å²) in [5, 5.41) is 25.7. The topological polar surface area (TPSA) is 193 Å². The highest BCUT2D eigenvalue weighted by Crippen LogP contribution is 1.87. The Morgan fingerprint density at radius 2 is 1.65 bits per heavy atom. The normalized spacial score (nSPS) is 11.4. The van der Waals surface area contributed by atoms with Crippen molar-refractivity contribution >= 4 is 11.9 Å². The molecule has 0 saturated carbocycles. The second-order valence-electron chi connectivity index (χ2n) is 3.00. The standard InChI is InChI=1S/C4H8N4O2.C4H7N3O3/c1-6-4(10)3(9)2-7-8-5;1-10-4(9)3(8)2-6-7-5/h3,9H,2H2,1H3,(H,6,10);3,8H,2H2,1H3/t2*3-/m11/s1. The van der Waals surface area contributed by atoms with E-state index in [-0.39, 0.29) is 13.1 Å². The lowest BCUT2D eigenvalue weighted by molar-refractivity contribution is -0.149. The molecule has 0 heterocycles. The summed E-state index contributed by atoms with van der Waals surface area (Å²) in [6, 6.07) is 0. The molecule has 1 amide bonds. The fourth-order valence-electron chi connectivity index (χ4n) is 0.688. The first kappa shape index (κ1) is 19.8. The molecule has 0 saturated heterocycles. The summed E-state index contributed by atoms with van der Waals surface area (Å²) in [7, 11) is 2.53. The molecule has 0 aliphatic heterocycles. The number of rotatable bonds is 6. The Labute approximate surface area is 113 Å². The number of ether oxygens (including phenoxy) is 1. The van der Waals surface area contributed by atoms with Crippen molar-refractivity contribution in [2.75, 3.05) is 27.2 Å². The molecular weight excluding hydrogens is 274 g/mol. The van der Waals surface area contributed by atoms with Gasteiger partial charge in [0.25, 0.3) is 0 Å². The Hall–Kier alpha value is -2.52. The Morgan fingerprint density at radius 1 is 1.20 bits per heavy atom. The van der Waals surface area contributed by atoms with Crippen molar-refractivity contribution in [2.24, 2.45) is 10.2 Å². The predicted octanol–water partition coefficient (Wildman–Crippen LogP) is -0.766. The first-order chi connectivity index (χ1) is 9.44. The number of nitrogens with zero attached hydrogens (tertiary/aromatic N) is 6. The third-order valence-electron chi connectivity index (χ3n) is 1.66. The van der Waals surface area contributed by atoms with E-state index in [9.17, 15) is 9.59 Å². The van der Waals surface area contributed by atoms with Gasteiger partial charge in [0.15, 0.2) is 6.10 Å². The smallest absolute Gasteiger partial charge is 0.334 e. The molecule has 0 unspecified atom stereocenters. The molecule has 20 heavy (non-hydrogen) atoms. The number of amides is 1. The van der Waals surface area contributed by atoms with Gasteiger partial charge in [-0.3, -0.25) is 4.79 Å². The summed E-state index contributed by atoms with van der Waals surface area (Å²) < 4.78 is 4.14. The summed E-state index contributed by atoms with van der Waals surface area (Å²) in [5.41, 5.74) is 15.5. The van der Waals surface area contributed by atoms with E-state index in [1.807, 2.05) is 0 Å². The van der Waals surface area contributed by atoms with Crippen LogP contribution in [0.15, 0.2) is 10.2 Å². The van der Waals surface area contributed by atoms with Gasteiger partial charge in [0.1, 0.15) is 6.10 Å². The first-order valence-electron chi connectivity index (χ1n) is 5.11. The van der Waals surface area contributed by atoms with Crippen LogP contribution in [-0.4, -0.2) is 61.5 Å². The number of esters is 1. The van der Waals surface area contributed by atoms with Crippen LogP contribution in [0.3, 0.4) is 0 Å². The van der Waals surface area contributed by atoms with Gasteiger partial charge in [-0.25, -0.2) is 4.79 Å². The third kappa shape index (κ3) is 10.6. The van der Waals surface area contributed by atoms with Crippen LogP contribution in [0, 0.1) is 0 Å². The number of carbonyl (C=O) groups excluding carboxylic acids is 2. The van der Waals surface area contributed by atoms with Gasteiger partial charge in [0.2, 0.25) is 5.91 Å². The zero-order valence-corrected chi connectivity index (χ0v) is 10.9. The monoisotopic (exact) mass is 289 g/mol. The van der Waals surface area contributed by atoms with E-state index in [2.05, 4.69) is 30.1 Å². The van der Waals surface area contributed by atoms with Gasteiger partial charge in [-0.15, -0.1) is 0 Å². The molecule has 2 atom stereocenters. The maximum atomic E-state index is 10.5. The van der Waals surface area contributed by atoms with Crippen molar-refractivity contribution in [2.45, 2.75) is 12.2 Å². The second-order valence-corrected chi connectivity index (χ2v) is 3.00. The van der Waals surface area contributed by atoms with Crippen LogP contribution in [0.2, 0.25) is 0 Å². The quantitative estimate of drug-likeness (QED) is 0.249. The van der Waals surface area contributed by atoms with E-state index in [0.717, 1.165) is 7.11 Å². The van der Waals surface area contributed by atoms with Crippen LogP contribution >= 0.6 is 0 Å². The Morgan fingerprint density at radius 3 is 2.00 bits per heavy atom. The lowest BCUT2D eigenvalue weighted by atomic mass is 10.3. The average Bonchev–Trinajstić information content (AvgIpc) is 2.48. The molecule has 0 fully saturated rings.